The highest BCUT2D eigenvalue weighted by Crippen LogP contribution is 2.44. The van der Waals surface area contributed by atoms with Gasteiger partial charge in [-0.15, -0.1) is 10.2 Å². The third-order valence-electron chi connectivity index (χ3n) is 3.20. The predicted octanol–water partition coefficient (Wildman–Crippen LogP) is 2.22. The minimum Gasteiger partial charge on any atom is -0.357 e. The summed E-state index contributed by atoms with van der Waals surface area (Å²) in [5.74, 6) is 1.65. The maximum Gasteiger partial charge on any atom is 0.205 e. The fraction of sp³-hybridized carbons (Fsp3) is 0.600. The molecule has 0 radical (unpaired) electrons. The van der Waals surface area contributed by atoms with E-state index >= 15 is 0 Å². The standard InChI is InChI=1S/C10H13N3S/c1-6-12-13-10(14-6)11-9-5-7-3-2-4-8(7)9/h2,4,7-9H,3,5H2,1H3,(H,11,13). The minimum absolute atomic E-state index is 0.603. The van der Waals surface area contributed by atoms with Crippen molar-refractivity contribution in [1.82, 2.24) is 10.2 Å². The highest BCUT2D eigenvalue weighted by molar-refractivity contribution is 7.15. The van der Waals surface area contributed by atoms with E-state index in [2.05, 4.69) is 27.7 Å². The van der Waals surface area contributed by atoms with Gasteiger partial charge in [0.2, 0.25) is 5.13 Å². The maximum absolute atomic E-state index is 4.09. The molecule has 74 valence electrons. The first-order chi connectivity index (χ1) is 6.83. The Bertz CT molecular complexity index is 371. The van der Waals surface area contributed by atoms with Gasteiger partial charge in [0.1, 0.15) is 5.01 Å². The molecule has 1 N–H and O–H groups in total. The van der Waals surface area contributed by atoms with Gasteiger partial charge in [-0.25, -0.2) is 0 Å². The smallest absolute Gasteiger partial charge is 0.205 e. The second-order valence-corrected chi connectivity index (χ2v) is 5.30. The molecule has 1 fully saturated rings. The van der Waals surface area contributed by atoms with Gasteiger partial charge >= 0.3 is 0 Å². The lowest BCUT2D eigenvalue weighted by molar-refractivity contribution is 0.218. The molecule has 0 bridgehead atoms. The second-order valence-electron chi connectivity index (χ2n) is 4.11. The highest BCUT2D eigenvalue weighted by atomic mass is 32.1. The number of aryl methyl sites for hydroxylation is 1. The van der Waals surface area contributed by atoms with Gasteiger partial charge in [-0.05, 0) is 25.7 Å². The Kier molecular flexibility index (Phi) is 1.83. The third kappa shape index (κ3) is 1.25. The number of hydrogen-bond acceptors (Lipinski definition) is 4. The van der Waals surface area contributed by atoms with Gasteiger partial charge in [0.25, 0.3) is 0 Å². The number of anilines is 1. The first-order valence-corrected chi connectivity index (χ1v) is 5.88. The summed E-state index contributed by atoms with van der Waals surface area (Å²) in [4.78, 5) is 0. The Hall–Kier alpha value is -0.900. The molecule has 0 aliphatic heterocycles. The van der Waals surface area contributed by atoms with Crippen molar-refractivity contribution >= 4 is 16.5 Å². The maximum atomic E-state index is 4.09. The van der Waals surface area contributed by atoms with Crippen LogP contribution >= 0.6 is 11.3 Å². The molecule has 0 spiro atoms. The first-order valence-electron chi connectivity index (χ1n) is 5.06. The number of aromatic nitrogens is 2. The summed E-state index contributed by atoms with van der Waals surface area (Å²) in [6, 6.07) is 0.603. The van der Waals surface area contributed by atoms with Gasteiger partial charge in [-0.3, -0.25) is 0 Å². The summed E-state index contributed by atoms with van der Waals surface area (Å²) < 4.78 is 0. The van der Waals surface area contributed by atoms with Gasteiger partial charge in [0.05, 0.1) is 0 Å². The van der Waals surface area contributed by atoms with Crippen LogP contribution in [0.4, 0.5) is 5.13 Å². The Morgan fingerprint density at radius 1 is 1.50 bits per heavy atom. The van der Waals surface area contributed by atoms with Gasteiger partial charge in [-0.2, -0.15) is 0 Å². The van der Waals surface area contributed by atoms with E-state index in [1.807, 2.05) is 6.92 Å². The first kappa shape index (κ1) is 8.41. The van der Waals surface area contributed by atoms with Crippen LogP contribution in [0.2, 0.25) is 0 Å². The van der Waals surface area contributed by atoms with E-state index in [1.165, 1.54) is 12.8 Å². The summed E-state index contributed by atoms with van der Waals surface area (Å²) >= 11 is 1.64. The number of allylic oxidation sites excluding steroid dienone is 1. The molecule has 3 atom stereocenters. The summed E-state index contributed by atoms with van der Waals surface area (Å²) in [7, 11) is 0. The van der Waals surface area contributed by atoms with Crippen LogP contribution in [0.5, 0.6) is 0 Å². The Morgan fingerprint density at radius 2 is 2.43 bits per heavy atom. The Labute approximate surface area is 87.2 Å². The number of fused-ring (bicyclic) bond motifs is 1. The van der Waals surface area contributed by atoms with Gasteiger partial charge in [-0.1, -0.05) is 23.5 Å². The lowest BCUT2D eigenvalue weighted by Crippen LogP contribution is -2.43. The van der Waals surface area contributed by atoms with Crippen molar-refractivity contribution in [3.05, 3.63) is 17.2 Å². The number of nitrogens with zero attached hydrogens (tertiary/aromatic N) is 2. The molecule has 0 saturated heterocycles. The van der Waals surface area contributed by atoms with E-state index < -0.39 is 0 Å². The molecule has 1 saturated carbocycles. The van der Waals surface area contributed by atoms with Crippen LogP contribution in [0.15, 0.2) is 12.2 Å². The van der Waals surface area contributed by atoms with Crippen molar-refractivity contribution < 1.29 is 0 Å². The lowest BCUT2D eigenvalue weighted by Gasteiger charge is -2.40. The molecule has 2 aliphatic rings. The van der Waals surface area contributed by atoms with Crippen molar-refractivity contribution in [3.63, 3.8) is 0 Å². The minimum atomic E-state index is 0.603. The van der Waals surface area contributed by atoms with E-state index in [9.17, 15) is 0 Å². The van der Waals surface area contributed by atoms with E-state index in [0.717, 1.165) is 22.0 Å². The second kappa shape index (κ2) is 3.05. The Balaban J connectivity index is 1.66. The predicted molar refractivity (Wildman–Crippen MR) is 57.4 cm³/mol. The fourth-order valence-corrected chi connectivity index (χ4v) is 3.05. The lowest BCUT2D eigenvalue weighted by atomic mass is 9.71. The zero-order valence-corrected chi connectivity index (χ0v) is 8.92. The molecule has 0 amide bonds. The van der Waals surface area contributed by atoms with E-state index in [1.54, 1.807) is 11.3 Å². The average molecular weight is 207 g/mol. The van der Waals surface area contributed by atoms with Crippen LogP contribution in [0, 0.1) is 18.8 Å². The van der Waals surface area contributed by atoms with Crippen molar-refractivity contribution in [2.24, 2.45) is 11.8 Å². The summed E-state index contributed by atoms with van der Waals surface area (Å²) in [5.41, 5.74) is 0. The zero-order chi connectivity index (χ0) is 9.54. The van der Waals surface area contributed by atoms with Crippen LogP contribution in [0.1, 0.15) is 17.8 Å². The van der Waals surface area contributed by atoms with Gasteiger partial charge in [0.15, 0.2) is 0 Å². The third-order valence-corrected chi connectivity index (χ3v) is 3.97. The molecule has 3 nitrogen and oxygen atoms in total. The van der Waals surface area contributed by atoms with Crippen molar-refractivity contribution in [1.29, 1.82) is 0 Å². The van der Waals surface area contributed by atoms with E-state index in [0.29, 0.717) is 6.04 Å². The number of rotatable bonds is 2. The van der Waals surface area contributed by atoms with Crippen LogP contribution in [-0.2, 0) is 0 Å². The van der Waals surface area contributed by atoms with Crippen molar-refractivity contribution in [2.45, 2.75) is 25.8 Å². The van der Waals surface area contributed by atoms with Gasteiger partial charge < -0.3 is 5.32 Å². The van der Waals surface area contributed by atoms with Crippen LogP contribution in [0.3, 0.4) is 0 Å². The van der Waals surface area contributed by atoms with E-state index in [4.69, 9.17) is 0 Å². The summed E-state index contributed by atoms with van der Waals surface area (Å²) in [5, 5.41) is 13.6. The topological polar surface area (TPSA) is 37.8 Å². The SMILES string of the molecule is Cc1nnc(NC2CC3CC=CC32)s1. The highest BCUT2D eigenvalue weighted by Gasteiger charge is 2.41. The van der Waals surface area contributed by atoms with Crippen molar-refractivity contribution in [2.75, 3.05) is 5.32 Å². The van der Waals surface area contributed by atoms with E-state index in [-0.39, 0.29) is 0 Å². The zero-order valence-electron chi connectivity index (χ0n) is 8.10. The molecule has 1 aromatic heterocycles. The van der Waals surface area contributed by atoms with Crippen LogP contribution in [-0.4, -0.2) is 16.2 Å². The number of nitrogens with one attached hydrogen (secondary N) is 1. The molecular formula is C10H13N3S. The summed E-state index contributed by atoms with van der Waals surface area (Å²) in [6.45, 7) is 1.99. The van der Waals surface area contributed by atoms with Crippen molar-refractivity contribution in [3.8, 4) is 0 Å². The largest absolute Gasteiger partial charge is 0.357 e. The molecule has 1 heterocycles. The molecule has 0 aromatic carbocycles. The number of hydrogen-bond donors (Lipinski definition) is 1. The summed E-state index contributed by atoms with van der Waals surface area (Å²) in [6.07, 6.45) is 7.22. The fourth-order valence-electron chi connectivity index (χ4n) is 2.40. The van der Waals surface area contributed by atoms with Crippen LogP contribution < -0.4 is 5.32 Å². The molecule has 2 aliphatic carbocycles. The van der Waals surface area contributed by atoms with Gasteiger partial charge in [0, 0.05) is 12.0 Å². The normalized spacial score (nSPS) is 33.9. The Morgan fingerprint density at radius 3 is 3.14 bits per heavy atom. The molecule has 4 heteroatoms. The molecular weight excluding hydrogens is 194 g/mol. The quantitative estimate of drug-likeness (QED) is 0.756. The monoisotopic (exact) mass is 207 g/mol. The molecule has 3 rings (SSSR count). The van der Waals surface area contributed by atoms with Crippen LogP contribution in [0.25, 0.3) is 0 Å². The molecule has 1 aromatic rings. The molecule has 14 heavy (non-hydrogen) atoms. The molecule has 3 unspecified atom stereocenters. The average Bonchev–Trinajstić information content (AvgIpc) is 2.68.